The number of nitrogens with one attached hydrogen (secondary N) is 1. The lowest BCUT2D eigenvalue weighted by Gasteiger charge is -2.20. The molecule has 1 aromatic heterocycles. The number of methoxy groups -OCH3 is 1. The summed E-state index contributed by atoms with van der Waals surface area (Å²) < 4.78 is 5.22. The molecule has 7 heteroatoms. The van der Waals surface area contributed by atoms with Gasteiger partial charge in [0.2, 0.25) is 5.91 Å². The third-order valence-electron chi connectivity index (χ3n) is 6.40. The van der Waals surface area contributed by atoms with Gasteiger partial charge in [0.15, 0.2) is 0 Å². The van der Waals surface area contributed by atoms with Crippen LogP contribution in [0.1, 0.15) is 65.5 Å². The Kier molecular flexibility index (Phi) is 6.49. The van der Waals surface area contributed by atoms with Crippen LogP contribution in [0.25, 0.3) is 0 Å². The Balaban J connectivity index is 1.36. The molecule has 2 fully saturated rings. The van der Waals surface area contributed by atoms with E-state index in [1.54, 1.807) is 13.3 Å². The van der Waals surface area contributed by atoms with Crippen molar-refractivity contribution in [1.82, 2.24) is 20.2 Å². The Morgan fingerprint density at radius 1 is 1.23 bits per heavy atom. The van der Waals surface area contributed by atoms with E-state index in [1.165, 1.54) is 0 Å². The van der Waals surface area contributed by atoms with Gasteiger partial charge < -0.3 is 15.0 Å². The van der Waals surface area contributed by atoms with Gasteiger partial charge in [0, 0.05) is 37.7 Å². The zero-order chi connectivity index (χ0) is 21.8. The number of carbonyl (C=O) groups is 2. The minimum absolute atomic E-state index is 0.137. The molecule has 2 aliphatic rings. The van der Waals surface area contributed by atoms with Crippen molar-refractivity contribution in [3.8, 4) is 5.75 Å². The molecular weight excluding hydrogens is 392 g/mol. The van der Waals surface area contributed by atoms with Gasteiger partial charge >= 0.3 is 0 Å². The maximum absolute atomic E-state index is 12.7. The number of carbonyl (C=O) groups excluding carboxylic acids is 2. The van der Waals surface area contributed by atoms with Crippen molar-refractivity contribution in [2.45, 2.75) is 51.5 Å². The molecule has 31 heavy (non-hydrogen) atoms. The second-order valence-corrected chi connectivity index (χ2v) is 8.51. The van der Waals surface area contributed by atoms with Crippen LogP contribution in [0.2, 0.25) is 0 Å². The standard InChI is InChI=1S/C24H30N4O3/c1-16-21(23(29)26-13-17-6-5-9-20(12-17)31-2)14-25-22(27-16)19-10-11-28(15-19)24(30)18-7-3-4-8-18/h5-6,9,12,14,18-19H,3-4,7-8,10-11,13,15H2,1-2H3,(H,26,29). The molecule has 1 N–H and O–H groups in total. The molecule has 7 nitrogen and oxygen atoms in total. The fourth-order valence-electron chi connectivity index (χ4n) is 4.57. The predicted molar refractivity (Wildman–Crippen MR) is 117 cm³/mol. The summed E-state index contributed by atoms with van der Waals surface area (Å²) >= 11 is 0. The molecule has 4 rings (SSSR count). The van der Waals surface area contributed by atoms with Crippen LogP contribution in [0.15, 0.2) is 30.5 Å². The molecule has 0 spiro atoms. The van der Waals surface area contributed by atoms with Crippen LogP contribution < -0.4 is 10.1 Å². The number of rotatable bonds is 6. The molecule has 164 valence electrons. The summed E-state index contributed by atoms with van der Waals surface area (Å²) in [5.74, 6) is 1.92. The molecule has 0 radical (unpaired) electrons. The maximum Gasteiger partial charge on any atom is 0.254 e. The zero-order valence-electron chi connectivity index (χ0n) is 18.3. The number of benzene rings is 1. The second-order valence-electron chi connectivity index (χ2n) is 8.51. The quantitative estimate of drug-likeness (QED) is 0.773. The lowest BCUT2D eigenvalue weighted by Crippen LogP contribution is -2.33. The van der Waals surface area contributed by atoms with E-state index in [0.29, 0.717) is 30.3 Å². The van der Waals surface area contributed by atoms with Gasteiger partial charge in [-0.25, -0.2) is 9.97 Å². The van der Waals surface area contributed by atoms with Crippen LogP contribution in [0, 0.1) is 12.8 Å². The summed E-state index contributed by atoms with van der Waals surface area (Å²) in [6.45, 7) is 3.68. The van der Waals surface area contributed by atoms with Crippen LogP contribution in [0.3, 0.4) is 0 Å². The van der Waals surface area contributed by atoms with Crippen LogP contribution >= 0.6 is 0 Å². The molecule has 2 heterocycles. The molecule has 1 aromatic carbocycles. The molecule has 1 unspecified atom stereocenters. The van der Waals surface area contributed by atoms with E-state index in [1.807, 2.05) is 36.1 Å². The molecule has 2 aromatic rings. The molecule has 1 saturated heterocycles. The third kappa shape index (κ3) is 4.86. The van der Waals surface area contributed by atoms with E-state index in [2.05, 4.69) is 15.3 Å². The Labute approximate surface area is 183 Å². The smallest absolute Gasteiger partial charge is 0.254 e. The molecule has 1 saturated carbocycles. The zero-order valence-corrected chi connectivity index (χ0v) is 18.3. The average Bonchev–Trinajstić information content (AvgIpc) is 3.50. The van der Waals surface area contributed by atoms with E-state index in [0.717, 1.165) is 55.8 Å². The van der Waals surface area contributed by atoms with Crippen molar-refractivity contribution in [2.24, 2.45) is 5.92 Å². The van der Waals surface area contributed by atoms with Crippen molar-refractivity contribution in [2.75, 3.05) is 20.2 Å². The first-order valence-corrected chi connectivity index (χ1v) is 11.1. The highest BCUT2D eigenvalue weighted by Gasteiger charge is 2.34. The maximum atomic E-state index is 12.7. The van der Waals surface area contributed by atoms with Crippen molar-refractivity contribution in [3.63, 3.8) is 0 Å². The Bertz CT molecular complexity index is 956. The molecule has 0 bridgehead atoms. The lowest BCUT2D eigenvalue weighted by molar-refractivity contribution is -0.134. The van der Waals surface area contributed by atoms with E-state index in [9.17, 15) is 9.59 Å². The summed E-state index contributed by atoms with van der Waals surface area (Å²) in [5.41, 5.74) is 2.10. The minimum atomic E-state index is -0.198. The third-order valence-corrected chi connectivity index (χ3v) is 6.40. The summed E-state index contributed by atoms with van der Waals surface area (Å²) in [7, 11) is 1.62. The Hall–Kier alpha value is -2.96. The first-order valence-electron chi connectivity index (χ1n) is 11.1. The number of ether oxygens (including phenoxy) is 1. The van der Waals surface area contributed by atoms with E-state index >= 15 is 0 Å². The van der Waals surface area contributed by atoms with Gasteiger partial charge in [-0.2, -0.15) is 0 Å². The van der Waals surface area contributed by atoms with Gasteiger partial charge in [-0.1, -0.05) is 25.0 Å². The number of aromatic nitrogens is 2. The van der Waals surface area contributed by atoms with Gasteiger partial charge in [0.25, 0.3) is 5.91 Å². The normalized spacial score (nSPS) is 18.9. The van der Waals surface area contributed by atoms with Gasteiger partial charge in [0.05, 0.1) is 18.4 Å². The van der Waals surface area contributed by atoms with E-state index in [4.69, 9.17) is 4.74 Å². The van der Waals surface area contributed by atoms with Crippen molar-refractivity contribution in [3.05, 3.63) is 53.1 Å². The molecular formula is C24H30N4O3. The van der Waals surface area contributed by atoms with Crippen LogP contribution in [0.4, 0.5) is 0 Å². The Morgan fingerprint density at radius 3 is 2.77 bits per heavy atom. The van der Waals surface area contributed by atoms with E-state index < -0.39 is 0 Å². The fraction of sp³-hybridized carbons (Fsp3) is 0.500. The van der Waals surface area contributed by atoms with Gasteiger partial charge in [-0.15, -0.1) is 0 Å². The second kappa shape index (κ2) is 9.45. The minimum Gasteiger partial charge on any atom is -0.497 e. The van der Waals surface area contributed by atoms with Gasteiger partial charge in [0.1, 0.15) is 11.6 Å². The molecule has 2 amide bonds. The van der Waals surface area contributed by atoms with Crippen LogP contribution in [-0.4, -0.2) is 46.9 Å². The summed E-state index contributed by atoms with van der Waals surface area (Å²) in [6, 6.07) is 7.60. The van der Waals surface area contributed by atoms with Crippen molar-refractivity contribution < 1.29 is 14.3 Å². The first-order chi connectivity index (χ1) is 15.0. The summed E-state index contributed by atoms with van der Waals surface area (Å²) in [6.07, 6.45) is 6.86. The largest absolute Gasteiger partial charge is 0.497 e. The summed E-state index contributed by atoms with van der Waals surface area (Å²) in [4.78, 5) is 36.4. The van der Waals surface area contributed by atoms with Crippen LogP contribution in [-0.2, 0) is 11.3 Å². The molecule has 1 aliphatic carbocycles. The van der Waals surface area contributed by atoms with Crippen molar-refractivity contribution in [1.29, 1.82) is 0 Å². The van der Waals surface area contributed by atoms with Crippen LogP contribution in [0.5, 0.6) is 5.75 Å². The van der Waals surface area contributed by atoms with E-state index in [-0.39, 0.29) is 17.7 Å². The lowest BCUT2D eigenvalue weighted by atomic mass is 10.1. The topological polar surface area (TPSA) is 84.4 Å². The first kappa shape index (κ1) is 21.3. The highest BCUT2D eigenvalue weighted by Crippen LogP contribution is 2.31. The molecule has 1 atom stereocenters. The average molecular weight is 423 g/mol. The number of aryl methyl sites for hydroxylation is 1. The number of amides is 2. The fourth-order valence-corrected chi connectivity index (χ4v) is 4.57. The highest BCUT2D eigenvalue weighted by atomic mass is 16.5. The summed E-state index contributed by atoms with van der Waals surface area (Å²) in [5, 5.41) is 2.92. The highest BCUT2D eigenvalue weighted by molar-refractivity contribution is 5.94. The van der Waals surface area contributed by atoms with Crippen molar-refractivity contribution >= 4 is 11.8 Å². The monoisotopic (exact) mass is 422 g/mol. The predicted octanol–water partition coefficient (Wildman–Crippen LogP) is 3.23. The van der Waals surface area contributed by atoms with Gasteiger partial charge in [-0.05, 0) is 43.9 Å². The number of hydrogen-bond donors (Lipinski definition) is 1. The SMILES string of the molecule is COc1cccc(CNC(=O)c2cnc(C3CCN(C(=O)C4CCCC4)C3)nc2C)c1. The van der Waals surface area contributed by atoms with Gasteiger partial charge in [-0.3, -0.25) is 9.59 Å². The molecule has 1 aliphatic heterocycles. The number of hydrogen-bond acceptors (Lipinski definition) is 5. The number of nitrogens with zero attached hydrogens (tertiary/aromatic N) is 3. The number of likely N-dealkylation sites (tertiary alicyclic amines) is 1. The Morgan fingerprint density at radius 2 is 2.03 bits per heavy atom.